The molecule has 1 heterocycles. The maximum absolute atomic E-state index is 5.54. The van der Waals surface area contributed by atoms with E-state index in [1.165, 1.54) is 6.33 Å². The zero-order valence-electron chi connectivity index (χ0n) is 8.42. The van der Waals surface area contributed by atoms with Crippen LogP contribution in [0, 0.1) is 0 Å². The summed E-state index contributed by atoms with van der Waals surface area (Å²) in [7, 11) is 1.63. The lowest BCUT2D eigenvalue weighted by atomic mass is 10.3. The van der Waals surface area contributed by atoms with Gasteiger partial charge in [0.25, 0.3) is 0 Å². The highest BCUT2D eigenvalue weighted by Crippen LogP contribution is 2.14. The van der Waals surface area contributed by atoms with Crippen molar-refractivity contribution >= 4 is 0 Å². The Kier molecular flexibility index (Phi) is 2.64. The van der Waals surface area contributed by atoms with E-state index < -0.39 is 0 Å². The van der Waals surface area contributed by atoms with E-state index in [2.05, 4.69) is 10.1 Å². The summed E-state index contributed by atoms with van der Waals surface area (Å²) in [6.07, 6.45) is 1.49. The maximum atomic E-state index is 5.54. The molecule has 0 radical (unpaired) electrons. The van der Waals surface area contributed by atoms with Crippen molar-refractivity contribution in [3.8, 4) is 11.4 Å². The number of ether oxygens (including phenoxy) is 1. The summed E-state index contributed by atoms with van der Waals surface area (Å²) < 4.78 is 6.78. The molecule has 1 aromatic carbocycles. The van der Waals surface area contributed by atoms with Gasteiger partial charge in [-0.15, -0.1) is 0 Å². The molecule has 15 heavy (non-hydrogen) atoms. The van der Waals surface area contributed by atoms with E-state index in [-0.39, 0.29) is 0 Å². The molecule has 0 saturated heterocycles. The SMILES string of the molecule is COc1ccc(-n2ncnc2CN)cc1. The number of rotatable bonds is 3. The summed E-state index contributed by atoms with van der Waals surface area (Å²) in [6.45, 7) is 0.367. The van der Waals surface area contributed by atoms with Crippen molar-refractivity contribution in [2.75, 3.05) is 7.11 Å². The largest absolute Gasteiger partial charge is 0.497 e. The Morgan fingerprint density at radius 1 is 1.33 bits per heavy atom. The molecule has 0 aliphatic carbocycles. The molecule has 2 aromatic rings. The van der Waals surface area contributed by atoms with Crippen LogP contribution in [0.4, 0.5) is 0 Å². The van der Waals surface area contributed by atoms with Crippen LogP contribution in [0.3, 0.4) is 0 Å². The quantitative estimate of drug-likeness (QED) is 0.800. The average Bonchev–Trinajstić information content (AvgIpc) is 2.77. The predicted octanol–water partition coefficient (Wildman–Crippen LogP) is 0.735. The van der Waals surface area contributed by atoms with Crippen LogP contribution < -0.4 is 10.5 Å². The standard InChI is InChI=1S/C10H12N4O/c1-15-9-4-2-8(3-5-9)14-10(6-11)12-7-13-14/h2-5,7H,6,11H2,1H3. The molecule has 1 aromatic heterocycles. The lowest BCUT2D eigenvalue weighted by Crippen LogP contribution is -2.07. The molecule has 5 nitrogen and oxygen atoms in total. The average molecular weight is 204 g/mol. The van der Waals surface area contributed by atoms with Crippen LogP contribution in [0.15, 0.2) is 30.6 Å². The second-order valence-electron chi connectivity index (χ2n) is 2.99. The lowest BCUT2D eigenvalue weighted by Gasteiger charge is -2.05. The molecule has 0 amide bonds. The fraction of sp³-hybridized carbons (Fsp3) is 0.200. The molecular formula is C10H12N4O. The molecular weight excluding hydrogens is 192 g/mol. The zero-order valence-corrected chi connectivity index (χ0v) is 8.42. The van der Waals surface area contributed by atoms with E-state index in [0.717, 1.165) is 17.3 Å². The van der Waals surface area contributed by atoms with Crippen LogP contribution in [0.25, 0.3) is 5.69 Å². The van der Waals surface area contributed by atoms with E-state index in [1.54, 1.807) is 11.8 Å². The molecule has 5 heteroatoms. The molecule has 78 valence electrons. The van der Waals surface area contributed by atoms with Crippen molar-refractivity contribution in [1.29, 1.82) is 0 Å². The van der Waals surface area contributed by atoms with Crippen molar-refractivity contribution in [3.63, 3.8) is 0 Å². The summed E-state index contributed by atoms with van der Waals surface area (Å²) >= 11 is 0. The maximum Gasteiger partial charge on any atom is 0.145 e. The van der Waals surface area contributed by atoms with Gasteiger partial charge in [0, 0.05) is 0 Å². The highest BCUT2D eigenvalue weighted by Gasteiger charge is 2.04. The van der Waals surface area contributed by atoms with Gasteiger partial charge in [0.1, 0.15) is 17.9 Å². The summed E-state index contributed by atoms with van der Waals surface area (Å²) in [5, 5.41) is 4.10. The monoisotopic (exact) mass is 204 g/mol. The van der Waals surface area contributed by atoms with Gasteiger partial charge in [-0.3, -0.25) is 0 Å². The smallest absolute Gasteiger partial charge is 0.145 e. The fourth-order valence-electron chi connectivity index (χ4n) is 1.34. The summed E-state index contributed by atoms with van der Waals surface area (Å²) in [4.78, 5) is 4.05. The third-order valence-corrected chi connectivity index (χ3v) is 2.12. The van der Waals surface area contributed by atoms with Crippen molar-refractivity contribution < 1.29 is 4.74 Å². The van der Waals surface area contributed by atoms with Gasteiger partial charge in [0.15, 0.2) is 0 Å². The minimum atomic E-state index is 0.367. The van der Waals surface area contributed by atoms with Gasteiger partial charge in [-0.2, -0.15) is 5.10 Å². The molecule has 0 spiro atoms. The van der Waals surface area contributed by atoms with Crippen molar-refractivity contribution in [2.45, 2.75) is 6.54 Å². The van der Waals surface area contributed by atoms with Gasteiger partial charge in [-0.1, -0.05) is 0 Å². The molecule has 2 rings (SSSR count). The van der Waals surface area contributed by atoms with Crippen molar-refractivity contribution in [1.82, 2.24) is 14.8 Å². The Morgan fingerprint density at radius 2 is 2.07 bits per heavy atom. The van der Waals surface area contributed by atoms with Gasteiger partial charge in [-0.05, 0) is 24.3 Å². The third-order valence-electron chi connectivity index (χ3n) is 2.12. The van der Waals surface area contributed by atoms with E-state index in [0.29, 0.717) is 6.54 Å². The van der Waals surface area contributed by atoms with E-state index in [9.17, 15) is 0 Å². The van der Waals surface area contributed by atoms with Gasteiger partial charge >= 0.3 is 0 Å². The number of hydrogen-bond acceptors (Lipinski definition) is 4. The summed E-state index contributed by atoms with van der Waals surface area (Å²) in [6, 6.07) is 7.56. The van der Waals surface area contributed by atoms with Crippen LogP contribution in [-0.2, 0) is 6.54 Å². The Morgan fingerprint density at radius 3 is 2.67 bits per heavy atom. The van der Waals surface area contributed by atoms with Crippen LogP contribution in [0.1, 0.15) is 5.82 Å². The lowest BCUT2D eigenvalue weighted by molar-refractivity contribution is 0.414. The molecule has 2 N–H and O–H groups in total. The molecule has 0 saturated carbocycles. The topological polar surface area (TPSA) is 66.0 Å². The van der Waals surface area contributed by atoms with Gasteiger partial charge < -0.3 is 10.5 Å². The van der Waals surface area contributed by atoms with Crippen LogP contribution in [-0.4, -0.2) is 21.9 Å². The fourth-order valence-corrected chi connectivity index (χ4v) is 1.34. The number of benzene rings is 1. The van der Waals surface area contributed by atoms with Crippen LogP contribution in [0.5, 0.6) is 5.75 Å². The Bertz CT molecular complexity index is 435. The van der Waals surface area contributed by atoms with Crippen LogP contribution >= 0.6 is 0 Å². The summed E-state index contributed by atoms with van der Waals surface area (Å²) in [5.41, 5.74) is 6.47. The predicted molar refractivity (Wildman–Crippen MR) is 55.8 cm³/mol. The van der Waals surface area contributed by atoms with Gasteiger partial charge in [-0.25, -0.2) is 9.67 Å². The first-order chi connectivity index (χ1) is 7.35. The van der Waals surface area contributed by atoms with Gasteiger partial charge in [0.2, 0.25) is 0 Å². The second kappa shape index (κ2) is 4.10. The Labute approximate surface area is 87.5 Å². The molecule has 0 fully saturated rings. The Balaban J connectivity index is 2.37. The van der Waals surface area contributed by atoms with Crippen molar-refractivity contribution in [3.05, 3.63) is 36.4 Å². The highest BCUT2D eigenvalue weighted by atomic mass is 16.5. The first kappa shape index (κ1) is 9.67. The molecule has 0 aliphatic heterocycles. The summed E-state index contributed by atoms with van der Waals surface area (Å²) in [5.74, 6) is 1.55. The van der Waals surface area contributed by atoms with Crippen molar-refractivity contribution in [2.24, 2.45) is 5.73 Å². The minimum absolute atomic E-state index is 0.367. The molecule has 0 bridgehead atoms. The van der Waals surface area contributed by atoms with E-state index >= 15 is 0 Å². The Hall–Kier alpha value is -1.88. The number of methoxy groups -OCH3 is 1. The molecule has 0 atom stereocenters. The van der Waals surface area contributed by atoms with Gasteiger partial charge in [0.05, 0.1) is 19.3 Å². The number of hydrogen-bond donors (Lipinski definition) is 1. The number of nitrogens with two attached hydrogens (primary N) is 1. The highest BCUT2D eigenvalue weighted by molar-refractivity contribution is 5.37. The molecule has 0 unspecified atom stereocenters. The third kappa shape index (κ3) is 1.82. The zero-order chi connectivity index (χ0) is 10.7. The van der Waals surface area contributed by atoms with E-state index in [4.69, 9.17) is 10.5 Å². The number of aromatic nitrogens is 3. The van der Waals surface area contributed by atoms with Crippen LogP contribution in [0.2, 0.25) is 0 Å². The first-order valence-corrected chi connectivity index (χ1v) is 4.58. The minimum Gasteiger partial charge on any atom is -0.497 e. The molecule has 0 aliphatic rings. The number of nitrogens with zero attached hydrogens (tertiary/aromatic N) is 3. The van der Waals surface area contributed by atoms with E-state index in [1.807, 2.05) is 24.3 Å². The first-order valence-electron chi connectivity index (χ1n) is 4.58. The second-order valence-corrected chi connectivity index (χ2v) is 2.99. The normalized spacial score (nSPS) is 10.3.